The van der Waals surface area contributed by atoms with Crippen molar-refractivity contribution in [2.75, 3.05) is 57.2 Å². The molecule has 1 aromatic heterocycles. The van der Waals surface area contributed by atoms with Gasteiger partial charge in [-0.25, -0.2) is 4.98 Å². The molecule has 6 nitrogen and oxygen atoms in total. The Bertz CT molecular complexity index is 981. The summed E-state index contributed by atoms with van der Waals surface area (Å²) in [6, 6.07) is 13.6. The SMILES string of the molecule is CC[NH+](CC)CCN(C(=O)c1ccc(N(C)C)cc1)c1nc2c(OC)cccc2s1. The summed E-state index contributed by atoms with van der Waals surface area (Å²) in [4.78, 5) is 23.6. The lowest BCUT2D eigenvalue weighted by molar-refractivity contribution is -0.894. The van der Waals surface area contributed by atoms with Gasteiger partial charge in [0.2, 0.25) is 0 Å². The number of fused-ring (bicyclic) bond motifs is 1. The number of nitrogens with zero attached hydrogens (tertiary/aromatic N) is 3. The number of para-hydroxylation sites is 1. The van der Waals surface area contributed by atoms with Crippen LogP contribution in [-0.2, 0) is 0 Å². The number of hydrogen-bond donors (Lipinski definition) is 1. The van der Waals surface area contributed by atoms with E-state index in [-0.39, 0.29) is 5.91 Å². The number of benzene rings is 2. The smallest absolute Gasteiger partial charge is 0.260 e. The highest BCUT2D eigenvalue weighted by Gasteiger charge is 2.23. The molecule has 7 heteroatoms. The molecular weight excluding hydrogens is 396 g/mol. The number of hydrogen-bond acceptors (Lipinski definition) is 5. The first-order chi connectivity index (χ1) is 14.5. The first kappa shape index (κ1) is 22.1. The second-order valence-corrected chi connectivity index (χ2v) is 8.42. The van der Waals surface area contributed by atoms with Crippen molar-refractivity contribution in [2.24, 2.45) is 0 Å². The van der Waals surface area contributed by atoms with E-state index in [4.69, 9.17) is 9.72 Å². The average Bonchev–Trinajstić information content (AvgIpc) is 3.20. The predicted molar refractivity (Wildman–Crippen MR) is 126 cm³/mol. The number of carbonyl (C=O) groups is 1. The lowest BCUT2D eigenvalue weighted by Gasteiger charge is -2.23. The summed E-state index contributed by atoms with van der Waals surface area (Å²) < 4.78 is 6.48. The summed E-state index contributed by atoms with van der Waals surface area (Å²) in [6.07, 6.45) is 0. The van der Waals surface area contributed by atoms with Crippen molar-refractivity contribution in [1.82, 2.24) is 4.98 Å². The number of aromatic nitrogens is 1. The molecule has 0 aliphatic carbocycles. The fourth-order valence-corrected chi connectivity index (χ4v) is 4.41. The standard InChI is InChI=1S/C23H30N4O2S/c1-6-26(7-2)15-16-27(22(28)17-11-13-18(14-12-17)25(3)4)23-24-21-19(29-5)9-8-10-20(21)30-23/h8-14H,6-7,15-16H2,1-5H3/p+1. The van der Waals surface area contributed by atoms with Gasteiger partial charge < -0.3 is 14.5 Å². The molecule has 1 N–H and O–H groups in total. The highest BCUT2D eigenvalue weighted by molar-refractivity contribution is 7.22. The van der Waals surface area contributed by atoms with Crippen LogP contribution < -0.4 is 19.4 Å². The quantitative estimate of drug-likeness (QED) is 0.571. The van der Waals surface area contributed by atoms with Crippen LogP contribution >= 0.6 is 11.3 Å². The number of anilines is 2. The summed E-state index contributed by atoms with van der Waals surface area (Å²) >= 11 is 1.53. The summed E-state index contributed by atoms with van der Waals surface area (Å²) in [5.74, 6) is 0.706. The van der Waals surface area contributed by atoms with Crippen molar-refractivity contribution in [2.45, 2.75) is 13.8 Å². The van der Waals surface area contributed by atoms with E-state index in [2.05, 4.69) is 13.8 Å². The lowest BCUT2D eigenvalue weighted by atomic mass is 10.1. The van der Waals surface area contributed by atoms with Crippen molar-refractivity contribution in [3.63, 3.8) is 0 Å². The molecule has 0 aliphatic rings. The molecule has 3 aromatic rings. The van der Waals surface area contributed by atoms with Crippen molar-refractivity contribution < 1.29 is 14.4 Å². The largest absolute Gasteiger partial charge is 0.494 e. The number of thiazole rings is 1. The van der Waals surface area contributed by atoms with Gasteiger partial charge in [-0.15, -0.1) is 0 Å². The Labute approximate surface area is 182 Å². The maximum atomic E-state index is 13.5. The van der Waals surface area contributed by atoms with Crippen LogP contribution in [0.25, 0.3) is 10.2 Å². The van der Waals surface area contributed by atoms with Gasteiger partial charge in [-0.3, -0.25) is 9.69 Å². The van der Waals surface area contributed by atoms with E-state index in [1.54, 1.807) is 7.11 Å². The second kappa shape index (κ2) is 9.91. The van der Waals surface area contributed by atoms with Gasteiger partial charge in [-0.05, 0) is 50.2 Å². The Hall–Kier alpha value is -2.64. The zero-order valence-electron chi connectivity index (χ0n) is 18.4. The van der Waals surface area contributed by atoms with Crippen LogP contribution in [0.3, 0.4) is 0 Å². The van der Waals surface area contributed by atoms with Gasteiger partial charge in [0.1, 0.15) is 11.3 Å². The maximum Gasteiger partial charge on any atom is 0.260 e. The number of carbonyl (C=O) groups excluding carboxylic acids is 1. The molecule has 0 spiro atoms. The van der Waals surface area contributed by atoms with Crippen LogP contribution in [-0.4, -0.2) is 58.3 Å². The minimum absolute atomic E-state index is 0.0233. The summed E-state index contributed by atoms with van der Waals surface area (Å²) in [5, 5.41) is 0.711. The van der Waals surface area contributed by atoms with Crippen molar-refractivity contribution >= 4 is 38.3 Å². The van der Waals surface area contributed by atoms with Gasteiger partial charge in [0.15, 0.2) is 5.13 Å². The summed E-state index contributed by atoms with van der Waals surface area (Å²) in [7, 11) is 5.63. The number of ether oxygens (including phenoxy) is 1. The minimum Gasteiger partial charge on any atom is -0.494 e. The van der Waals surface area contributed by atoms with Crippen molar-refractivity contribution in [1.29, 1.82) is 0 Å². The average molecular weight is 428 g/mol. The molecular formula is C23H31N4O2S+. The van der Waals surface area contributed by atoms with Gasteiger partial charge in [0.25, 0.3) is 5.91 Å². The molecule has 0 saturated heterocycles. The van der Waals surface area contributed by atoms with Crippen molar-refractivity contribution in [3.8, 4) is 5.75 Å². The third kappa shape index (κ3) is 4.74. The van der Waals surface area contributed by atoms with Crippen LogP contribution in [0.1, 0.15) is 24.2 Å². The van der Waals surface area contributed by atoms with E-state index in [9.17, 15) is 4.79 Å². The number of amides is 1. The highest BCUT2D eigenvalue weighted by Crippen LogP contribution is 2.34. The van der Waals surface area contributed by atoms with Gasteiger partial charge in [-0.1, -0.05) is 17.4 Å². The molecule has 3 rings (SSSR count). The predicted octanol–water partition coefficient (Wildman–Crippen LogP) is 2.94. The molecule has 0 bridgehead atoms. The molecule has 0 radical (unpaired) electrons. The van der Waals surface area contributed by atoms with E-state index in [1.807, 2.05) is 66.4 Å². The van der Waals surface area contributed by atoms with Crippen LogP contribution in [0, 0.1) is 0 Å². The van der Waals surface area contributed by atoms with Crippen LogP contribution in [0.5, 0.6) is 5.75 Å². The highest BCUT2D eigenvalue weighted by atomic mass is 32.1. The first-order valence-corrected chi connectivity index (χ1v) is 11.2. The van der Waals surface area contributed by atoms with Crippen molar-refractivity contribution in [3.05, 3.63) is 48.0 Å². The Morgan fingerprint density at radius 2 is 1.80 bits per heavy atom. The Kier molecular flexibility index (Phi) is 7.29. The van der Waals surface area contributed by atoms with Gasteiger partial charge in [-0.2, -0.15) is 0 Å². The first-order valence-electron chi connectivity index (χ1n) is 10.3. The van der Waals surface area contributed by atoms with E-state index >= 15 is 0 Å². The number of quaternary nitrogens is 1. The zero-order chi connectivity index (χ0) is 21.7. The van der Waals surface area contributed by atoms with Crippen LogP contribution in [0.15, 0.2) is 42.5 Å². The number of nitrogens with one attached hydrogen (secondary N) is 1. The van der Waals surface area contributed by atoms with E-state index < -0.39 is 0 Å². The molecule has 160 valence electrons. The number of rotatable bonds is 9. The van der Waals surface area contributed by atoms with E-state index in [0.29, 0.717) is 17.2 Å². The molecule has 0 unspecified atom stereocenters. The van der Waals surface area contributed by atoms with Gasteiger partial charge in [0, 0.05) is 25.3 Å². The van der Waals surface area contributed by atoms with E-state index in [1.165, 1.54) is 16.2 Å². The van der Waals surface area contributed by atoms with Crippen LogP contribution in [0.4, 0.5) is 10.8 Å². The van der Waals surface area contributed by atoms with Gasteiger partial charge in [0.05, 0.1) is 38.0 Å². The third-order valence-corrected chi connectivity index (χ3v) is 6.43. The van der Waals surface area contributed by atoms with E-state index in [0.717, 1.165) is 41.3 Å². The fourth-order valence-electron chi connectivity index (χ4n) is 3.41. The summed E-state index contributed by atoms with van der Waals surface area (Å²) in [5.41, 5.74) is 2.53. The maximum absolute atomic E-state index is 13.5. The Morgan fingerprint density at radius 1 is 1.10 bits per heavy atom. The second-order valence-electron chi connectivity index (χ2n) is 7.41. The third-order valence-electron chi connectivity index (χ3n) is 5.39. The van der Waals surface area contributed by atoms with Crippen LogP contribution in [0.2, 0.25) is 0 Å². The normalized spacial score (nSPS) is 11.1. The zero-order valence-corrected chi connectivity index (χ0v) is 19.3. The summed E-state index contributed by atoms with van der Waals surface area (Å²) in [6.45, 7) is 7.91. The van der Waals surface area contributed by atoms with Gasteiger partial charge >= 0.3 is 0 Å². The number of methoxy groups -OCH3 is 1. The molecule has 30 heavy (non-hydrogen) atoms. The lowest BCUT2D eigenvalue weighted by Crippen LogP contribution is -3.12. The molecule has 2 aromatic carbocycles. The molecule has 1 amide bonds. The molecule has 0 fully saturated rings. The molecule has 1 heterocycles. The number of likely N-dealkylation sites (N-methyl/N-ethyl adjacent to an activating group) is 1. The Balaban J connectivity index is 1.96. The minimum atomic E-state index is -0.0233. The monoisotopic (exact) mass is 427 g/mol. The topological polar surface area (TPSA) is 50.1 Å². The molecule has 0 saturated carbocycles. The Morgan fingerprint density at radius 3 is 2.40 bits per heavy atom. The molecule has 0 atom stereocenters. The molecule has 0 aliphatic heterocycles. The fraction of sp³-hybridized carbons (Fsp3) is 0.391.